The molecule has 0 saturated heterocycles. The Kier molecular flexibility index (Phi) is 4.42. The first-order chi connectivity index (χ1) is 11.2. The lowest BCUT2D eigenvalue weighted by atomic mass is 9.97. The van der Waals surface area contributed by atoms with Gasteiger partial charge in [0.15, 0.2) is 0 Å². The number of nitrogens with zero attached hydrogens (tertiary/aromatic N) is 4. The van der Waals surface area contributed by atoms with E-state index in [1.54, 1.807) is 4.68 Å². The number of hydrogen-bond acceptors (Lipinski definition) is 4. The Bertz CT molecular complexity index is 753. The van der Waals surface area contributed by atoms with Crippen molar-refractivity contribution in [1.82, 2.24) is 20.2 Å². The predicted octanol–water partition coefficient (Wildman–Crippen LogP) is 2.79. The molecule has 3 aromatic rings. The third-order valence-corrected chi connectivity index (χ3v) is 3.62. The van der Waals surface area contributed by atoms with E-state index >= 15 is 0 Å². The first-order valence-corrected chi connectivity index (χ1v) is 7.40. The van der Waals surface area contributed by atoms with E-state index in [0.717, 1.165) is 16.9 Å². The van der Waals surface area contributed by atoms with Crippen molar-refractivity contribution in [2.24, 2.45) is 0 Å². The van der Waals surface area contributed by atoms with E-state index in [1.165, 1.54) is 6.33 Å². The Morgan fingerprint density at radius 3 is 2.52 bits per heavy atom. The van der Waals surface area contributed by atoms with Gasteiger partial charge in [-0.15, -0.1) is 5.10 Å². The summed E-state index contributed by atoms with van der Waals surface area (Å²) in [5.74, 6) is 0.174. The van der Waals surface area contributed by atoms with Crippen molar-refractivity contribution in [3.8, 4) is 5.69 Å². The molecule has 0 unspecified atom stereocenters. The predicted molar refractivity (Wildman–Crippen MR) is 87.3 cm³/mol. The maximum Gasteiger partial charge on any atom is 0.224 e. The SMILES string of the molecule is C[C@@H](CC(=O)Nc1ccc(-n2cnnn2)cc1)c1ccccc1. The smallest absolute Gasteiger partial charge is 0.224 e. The van der Waals surface area contributed by atoms with Crippen molar-refractivity contribution < 1.29 is 4.79 Å². The van der Waals surface area contributed by atoms with Gasteiger partial charge in [-0.05, 0) is 46.2 Å². The van der Waals surface area contributed by atoms with Crippen LogP contribution in [0.1, 0.15) is 24.8 Å². The normalized spacial score (nSPS) is 11.9. The van der Waals surface area contributed by atoms with Gasteiger partial charge in [0.25, 0.3) is 0 Å². The van der Waals surface area contributed by atoms with Crippen LogP contribution in [0, 0.1) is 0 Å². The zero-order valence-electron chi connectivity index (χ0n) is 12.8. The highest BCUT2D eigenvalue weighted by Gasteiger charge is 2.11. The maximum absolute atomic E-state index is 12.2. The Hall–Kier alpha value is -3.02. The number of carbonyl (C=O) groups excluding carboxylic acids is 1. The second-order valence-electron chi connectivity index (χ2n) is 5.37. The van der Waals surface area contributed by atoms with E-state index in [-0.39, 0.29) is 11.8 Å². The van der Waals surface area contributed by atoms with Gasteiger partial charge in [-0.3, -0.25) is 4.79 Å². The fraction of sp³-hybridized carbons (Fsp3) is 0.176. The molecule has 3 rings (SSSR count). The molecule has 0 saturated carbocycles. The molecule has 1 amide bonds. The van der Waals surface area contributed by atoms with Crippen LogP contribution in [-0.4, -0.2) is 26.1 Å². The van der Waals surface area contributed by atoms with Crippen LogP contribution in [0.4, 0.5) is 5.69 Å². The highest BCUT2D eigenvalue weighted by Crippen LogP contribution is 2.19. The van der Waals surface area contributed by atoms with Crippen molar-refractivity contribution in [2.75, 3.05) is 5.32 Å². The minimum Gasteiger partial charge on any atom is -0.326 e. The number of tetrazole rings is 1. The summed E-state index contributed by atoms with van der Waals surface area (Å²) in [4.78, 5) is 12.2. The maximum atomic E-state index is 12.2. The van der Waals surface area contributed by atoms with Crippen molar-refractivity contribution in [3.63, 3.8) is 0 Å². The van der Waals surface area contributed by atoms with Gasteiger partial charge >= 0.3 is 0 Å². The molecular weight excluding hydrogens is 290 g/mol. The van der Waals surface area contributed by atoms with Gasteiger partial charge in [0, 0.05) is 12.1 Å². The third-order valence-electron chi connectivity index (χ3n) is 3.62. The molecule has 2 aromatic carbocycles. The van der Waals surface area contributed by atoms with Gasteiger partial charge in [-0.25, -0.2) is 4.68 Å². The van der Waals surface area contributed by atoms with Crippen molar-refractivity contribution in [2.45, 2.75) is 19.3 Å². The molecule has 0 fully saturated rings. The van der Waals surface area contributed by atoms with Crippen LogP contribution in [0.3, 0.4) is 0 Å². The van der Waals surface area contributed by atoms with Crippen LogP contribution >= 0.6 is 0 Å². The van der Waals surface area contributed by atoms with E-state index in [2.05, 4.69) is 27.8 Å². The first kappa shape index (κ1) is 14.9. The lowest BCUT2D eigenvalue weighted by Gasteiger charge is -2.12. The number of rotatable bonds is 5. The molecule has 1 heterocycles. The molecule has 23 heavy (non-hydrogen) atoms. The van der Waals surface area contributed by atoms with E-state index in [0.29, 0.717) is 6.42 Å². The van der Waals surface area contributed by atoms with E-state index in [4.69, 9.17) is 0 Å². The number of benzene rings is 2. The third kappa shape index (κ3) is 3.79. The molecule has 1 N–H and O–H groups in total. The van der Waals surface area contributed by atoms with Gasteiger partial charge < -0.3 is 5.32 Å². The van der Waals surface area contributed by atoms with Crippen LogP contribution in [0.15, 0.2) is 60.9 Å². The number of anilines is 1. The fourth-order valence-corrected chi connectivity index (χ4v) is 2.37. The lowest BCUT2D eigenvalue weighted by molar-refractivity contribution is -0.116. The number of hydrogen-bond donors (Lipinski definition) is 1. The minimum absolute atomic E-state index is 0.00322. The van der Waals surface area contributed by atoms with Crippen molar-refractivity contribution >= 4 is 11.6 Å². The highest BCUT2D eigenvalue weighted by atomic mass is 16.1. The summed E-state index contributed by atoms with van der Waals surface area (Å²) >= 11 is 0. The van der Waals surface area contributed by atoms with E-state index in [1.807, 2.05) is 54.6 Å². The van der Waals surface area contributed by atoms with Crippen molar-refractivity contribution in [3.05, 3.63) is 66.5 Å². The fourth-order valence-electron chi connectivity index (χ4n) is 2.37. The molecule has 0 aliphatic heterocycles. The molecule has 0 radical (unpaired) electrons. The average molecular weight is 307 g/mol. The Balaban J connectivity index is 1.60. The monoisotopic (exact) mass is 307 g/mol. The van der Waals surface area contributed by atoms with Crippen molar-refractivity contribution in [1.29, 1.82) is 0 Å². The van der Waals surface area contributed by atoms with E-state index in [9.17, 15) is 4.79 Å². The summed E-state index contributed by atoms with van der Waals surface area (Å²) in [5.41, 5.74) is 2.76. The zero-order valence-corrected chi connectivity index (χ0v) is 12.8. The van der Waals surface area contributed by atoms with Gasteiger partial charge in [0.1, 0.15) is 6.33 Å². The topological polar surface area (TPSA) is 72.7 Å². The van der Waals surface area contributed by atoms with Crippen LogP contribution in [0.2, 0.25) is 0 Å². The standard InChI is InChI=1S/C17H17N5O/c1-13(14-5-3-2-4-6-14)11-17(23)19-15-7-9-16(10-8-15)22-12-18-20-21-22/h2-10,12-13H,11H2,1H3,(H,19,23)/t13-/m0/s1. The van der Waals surface area contributed by atoms with Crippen LogP contribution in [0.25, 0.3) is 5.69 Å². The number of amides is 1. The zero-order chi connectivity index (χ0) is 16.1. The van der Waals surface area contributed by atoms with Gasteiger partial charge in [-0.2, -0.15) is 0 Å². The van der Waals surface area contributed by atoms with Crippen LogP contribution < -0.4 is 5.32 Å². The van der Waals surface area contributed by atoms with Crippen LogP contribution in [-0.2, 0) is 4.79 Å². The van der Waals surface area contributed by atoms with Gasteiger partial charge in [0.2, 0.25) is 5.91 Å². The Labute approximate surface area is 134 Å². The van der Waals surface area contributed by atoms with Gasteiger partial charge in [0.05, 0.1) is 5.69 Å². The Morgan fingerprint density at radius 2 is 1.87 bits per heavy atom. The summed E-state index contributed by atoms with van der Waals surface area (Å²) in [7, 11) is 0. The molecule has 6 nitrogen and oxygen atoms in total. The van der Waals surface area contributed by atoms with Gasteiger partial charge in [-0.1, -0.05) is 37.3 Å². The first-order valence-electron chi connectivity index (χ1n) is 7.40. The quantitative estimate of drug-likeness (QED) is 0.786. The molecule has 1 atom stereocenters. The largest absolute Gasteiger partial charge is 0.326 e. The molecule has 0 aliphatic rings. The molecular formula is C17H17N5O. The second kappa shape index (κ2) is 6.83. The Morgan fingerprint density at radius 1 is 1.13 bits per heavy atom. The minimum atomic E-state index is -0.00322. The number of carbonyl (C=O) groups is 1. The second-order valence-corrected chi connectivity index (χ2v) is 5.37. The molecule has 6 heteroatoms. The van der Waals surface area contributed by atoms with Crippen LogP contribution in [0.5, 0.6) is 0 Å². The summed E-state index contributed by atoms with van der Waals surface area (Å²) in [6.07, 6.45) is 1.97. The molecule has 0 bridgehead atoms. The molecule has 1 aromatic heterocycles. The summed E-state index contributed by atoms with van der Waals surface area (Å²) < 4.78 is 1.56. The number of nitrogens with one attached hydrogen (secondary N) is 1. The molecule has 0 spiro atoms. The number of aromatic nitrogens is 4. The summed E-state index contributed by atoms with van der Waals surface area (Å²) in [5, 5.41) is 13.9. The van der Waals surface area contributed by atoms with E-state index < -0.39 is 0 Å². The molecule has 116 valence electrons. The summed E-state index contributed by atoms with van der Waals surface area (Å²) in [6, 6.07) is 17.4. The molecule has 0 aliphatic carbocycles. The highest BCUT2D eigenvalue weighted by molar-refractivity contribution is 5.91. The summed E-state index contributed by atoms with van der Waals surface area (Å²) in [6.45, 7) is 2.05. The lowest BCUT2D eigenvalue weighted by Crippen LogP contribution is -2.14. The average Bonchev–Trinajstić information content (AvgIpc) is 3.11.